The number of fused-ring (bicyclic) bond motifs is 1. The molecule has 1 N–H and O–H groups in total. The zero-order valence-electron chi connectivity index (χ0n) is 11.7. The Kier molecular flexibility index (Phi) is 4.85. The number of aliphatic hydroxyl groups is 1. The zero-order valence-corrected chi connectivity index (χ0v) is 14.1. The molecule has 0 fully saturated rings. The number of benzene rings is 1. The quantitative estimate of drug-likeness (QED) is 0.900. The van der Waals surface area contributed by atoms with Gasteiger partial charge in [0.15, 0.2) is 0 Å². The fourth-order valence-corrected chi connectivity index (χ4v) is 3.52. The van der Waals surface area contributed by atoms with Gasteiger partial charge in [-0.2, -0.15) is 11.8 Å². The van der Waals surface area contributed by atoms with Crippen LogP contribution in [0.2, 0.25) is 0 Å². The lowest BCUT2D eigenvalue weighted by atomic mass is 10.0. The molecular formula is C15H21BrO2S. The molecule has 1 aliphatic heterocycles. The molecular weight excluding hydrogens is 324 g/mol. The Labute approximate surface area is 128 Å². The van der Waals surface area contributed by atoms with Gasteiger partial charge >= 0.3 is 0 Å². The summed E-state index contributed by atoms with van der Waals surface area (Å²) in [5, 5.41) is 10.2. The second-order valence-corrected chi connectivity index (χ2v) is 8.70. The van der Waals surface area contributed by atoms with E-state index >= 15 is 0 Å². The van der Waals surface area contributed by atoms with Crippen LogP contribution in [0.25, 0.3) is 0 Å². The van der Waals surface area contributed by atoms with Crippen LogP contribution in [0, 0.1) is 0 Å². The smallest absolute Gasteiger partial charge is 0.125 e. The molecule has 0 saturated carbocycles. The predicted octanol–water partition coefficient (Wildman–Crippen LogP) is 3.82. The molecule has 0 bridgehead atoms. The molecule has 106 valence electrons. The Morgan fingerprint density at radius 1 is 1.42 bits per heavy atom. The standard InChI is InChI=1S/C15H21BrO2S/c1-15(2,3)19-9-13(17)8-11-7-12(16)6-10-4-5-18-14(10)11/h6-7,13,17H,4-5,8-9H2,1-3H3. The van der Waals surface area contributed by atoms with E-state index in [-0.39, 0.29) is 10.9 Å². The lowest BCUT2D eigenvalue weighted by molar-refractivity contribution is 0.198. The van der Waals surface area contributed by atoms with Gasteiger partial charge in [-0.05, 0) is 23.3 Å². The SMILES string of the molecule is CC(C)(C)SCC(O)Cc1cc(Br)cc2c1OCC2. The Hall–Kier alpha value is -0.190. The van der Waals surface area contributed by atoms with E-state index in [1.54, 1.807) is 11.8 Å². The molecule has 1 atom stereocenters. The third-order valence-corrected chi connectivity index (χ3v) is 4.86. The highest BCUT2D eigenvalue weighted by Crippen LogP contribution is 2.34. The predicted molar refractivity (Wildman–Crippen MR) is 85.3 cm³/mol. The van der Waals surface area contributed by atoms with Gasteiger partial charge in [-0.1, -0.05) is 36.7 Å². The van der Waals surface area contributed by atoms with Crippen LogP contribution in [-0.4, -0.2) is 28.3 Å². The maximum absolute atomic E-state index is 10.2. The summed E-state index contributed by atoms with van der Waals surface area (Å²) in [6, 6.07) is 4.18. The van der Waals surface area contributed by atoms with E-state index in [0.29, 0.717) is 6.42 Å². The molecule has 0 spiro atoms. The number of thioether (sulfide) groups is 1. The summed E-state index contributed by atoms with van der Waals surface area (Å²) in [7, 11) is 0. The second-order valence-electron chi connectivity index (χ2n) is 5.93. The molecule has 2 rings (SSSR count). The first-order chi connectivity index (χ1) is 8.85. The van der Waals surface area contributed by atoms with Crippen molar-refractivity contribution >= 4 is 27.7 Å². The maximum atomic E-state index is 10.2. The summed E-state index contributed by atoms with van der Waals surface area (Å²) >= 11 is 5.33. The van der Waals surface area contributed by atoms with Crippen molar-refractivity contribution in [2.45, 2.75) is 44.5 Å². The summed E-state index contributed by atoms with van der Waals surface area (Å²) in [6.07, 6.45) is 1.30. The summed E-state index contributed by atoms with van der Waals surface area (Å²) < 4.78 is 6.95. The third kappa shape index (κ3) is 4.40. The minimum atomic E-state index is -0.327. The van der Waals surface area contributed by atoms with Gasteiger partial charge in [0.25, 0.3) is 0 Å². The molecule has 0 aliphatic carbocycles. The highest BCUT2D eigenvalue weighted by atomic mass is 79.9. The summed E-state index contributed by atoms with van der Waals surface area (Å²) in [4.78, 5) is 0. The average Bonchev–Trinajstić information content (AvgIpc) is 2.73. The molecule has 1 unspecified atom stereocenters. The topological polar surface area (TPSA) is 29.5 Å². The molecule has 0 aromatic heterocycles. The van der Waals surface area contributed by atoms with Gasteiger partial charge in [-0.15, -0.1) is 0 Å². The minimum Gasteiger partial charge on any atom is -0.493 e. The highest BCUT2D eigenvalue weighted by Gasteiger charge is 2.20. The Morgan fingerprint density at radius 3 is 2.84 bits per heavy atom. The van der Waals surface area contributed by atoms with Crippen LogP contribution in [-0.2, 0) is 12.8 Å². The summed E-state index contributed by atoms with van der Waals surface area (Å²) in [6.45, 7) is 7.27. The van der Waals surface area contributed by atoms with Gasteiger partial charge in [0.1, 0.15) is 5.75 Å². The zero-order chi connectivity index (χ0) is 14.0. The van der Waals surface area contributed by atoms with Gasteiger partial charge < -0.3 is 9.84 Å². The lowest BCUT2D eigenvalue weighted by Crippen LogP contribution is -2.19. The number of ether oxygens (including phenoxy) is 1. The highest BCUT2D eigenvalue weighted by molar-refractivity contribution is 9.10. The molecule has 1 heterocycles. The second kappa shape index (κ2) is 6.06. The molecule has 4 heteroatoms. The van der Waals surface area contributed by atoms with Crippen molar-refractivity contribution in [1.29, 1.82) is 0 Å². The van der Waals surface area contributed by atoms with E-state index in [1.807, 2.05) is 0 Å². The van der Waals surface area contributed by atoms with E-state index in [1.165, 1.54) is 5.56 Å². The molecule has 0 amide bonds. The molecule has 0 radical (unpaired) electrons. The van der Waals surface area contributed by atoms with Crippen LogP contribution in [0.4, 0.5) is 0 Å². The molecule has 19 heavy (non-hydrogen) atoms. The van der Waals surface area contributed by atoms with E-state index in [9.17, 15) is 5.11 Å². The number of hydrogen-bond donors (Lipinski definition) is 1. The fourth-order valence-electron chi connectivity index (χ4n) is 2.16. The van der Waals surface area contributed by atoms with Crippen molar-refractivity contribution < 1.29 is 9.84 Å². The number of rotatable bonds is 4. The largest absolute Gasteiger partial charge is 0.493 e. The van der Waals surface area contributed by atoms with Crippen molar-refractivity contribution in [3.8, 4) is 5.75 Å². The van der Waals surface area contributed by atoms with Crippen molar-refractivity contribution in [2.24, 2.45) is 0 Å². The van der Waals surface area contributed by atoms with Crippen molar-refractivity contribution in [1.82, 2.24) is 0 Å². The first-order valence-corrected chi connectivity index (χ1v) is 8.39. The summed E-state index contributed by atoms with van der Waals surface area (Å²) in [5.74, 6) is 1.74. The number of aliphatic hydroxyl groups excluding tert-OH is 1. The maximum Gasteiger partial charge on any atom is 0.125 e. The first-order valence-electron chi connectivity index (χ1n) is 6.61. The minimum absolute atomic E-state index is 0.191. The third-order valence-electron chi connectivity index (χ3n) is 2.99. The Bertz CT molecular complexity index is 454. The van der Waals surface area contributed by atoms with E-state index in [0.717, 1.165) is 34.6 Å². The van der Waals surface area contributed by atoms with Crippen LogP contribution >= 0.6 is 27.7 Å². The first kappa shape index (κ1) is 15.2. The van der Waals surface area contributed by atoms with Gasteiger partial charge in [-0.25, -0.2) is 0 Å². The Balaban J connectivity index is 2.03. The number of halogens is 1. The normalized spacial score (nSPS) is 16.1. The molecule has 2 nitrogen and oxygen atoms in total. The van der Waals surface area contributed by atoms with Gasteiger partial charge in [0.2, 0.25) is 0 Å². The average molecular weight is 345 g/mol. The van der Waals surface area contributed by atoms with Crippen molar-refractivity contribution in [3.63, 3.8) is 0 Å². The van der Waals surface area contributed by atoms with E-state index < -0.39 is 0 Å². The molecule has 0 saturated heterocycles. The fraction of sp³-hybridized carbons (Fsp3) is 0.600. The van der Waals surface area contributed by atoms with Crippen LogP contribution < -0.4 is 4.74 Å². The summed E-state index contributed by atoms with van der Waals surface area (Å²) in [5.41, 5.74) is 2.36. The van der Waals surface area contributed by atoms with Gasteiger partial charge in [0, 0.05) is 27.8 Å². The van der Waals surface area contributed by atoms with E-state index in [4.69, 9.17) is 4.74 Å². The van der Waals surface area contributed by atoms with Crippen LogP contribution in [0.1, 0.15) is 31.9 Å². The number of hydrogen-bond acceptors (Lipinski definition) is 3. The van der Waals surface area contributed by atoms with Crippen molar-refractivity contribution in [2.75, 3.05) is 12.4 Å². The van der Waals surface area contributed by atoms with Crippen LogP contribution in [0.15, 0.2) is 16.6 Å². The van der Waals surface area contributed by atoms with E-state index in [2.05, 4.69) is 48.8 Å². The van der Waals surface area contributed by atoms with Crippen molar-refractivity contribution in [3.05, 3.63) is 27.7 Å². The lowest BCUT2D eigenvalue weighted by Gasteiger charge is -2.20. The van der Waals surface area contributed by atoms with Gasteiger partial charge in [0.05, 0.1) is 12.7 Å². The van der Waals surface area contributed by atoms with Crippen LogP contribution in [0.5, 0.6) is 5.75 Å². The molecule has 1 aromatic rings. The van der Waals surface area contributed by atoms with Gasteiger partial charge in [-0.3, -0.25) is 0 Å². The Morgan fingerprint density at radius 2 is 2.16 bits per heavy atom. The monoisotopic (exact) mass is 344 g/mol. The molecule has 1 aromatic carbocycles. The van der Waals surface area contributed by atoms with Crippen LogP contribution in [0.3, 0.4) is 0 Å². The molecule has 1 aliphatic rings.